The molecule has 5 atom stereocenters. The largest absolute Gasteiger partial charge is 0.462 e. The zero-order chi connectivity index (χ0) is 22.1. The van der Waals surface area contributed by atoms with E-state index in [0.717, 1.165) is 5.57 Å². The number of rotatable bonds is 8. The van der Waals surface area contributed by atoms with E-state index in [9.17, 15) is 14.4 Å². The molecule has 2 fully saturated rings. The first-order valence-corrected chi connectivity index (χ1v) is 10.6. The average Bonchev–Trinajstić information content (AvgIpc) is 3.33. The molecule has 1 spiro atoms. The predicted molar refractivity (Wildman–Crippen MR) is 105 cm³/mol. The second-order valence-electron chi connectivity index (χ2n) is 9.25. The highest BCUT2D eigenvalue weighted by atomic mass is 16.7. The third-order valence-corrected chi connectivity index (χ3v) is 5.72. The van der Waals surface area contributed by atoms with Crippen LogP contribution in [0, 0.1) is 23.7 Å². The minimum atomic E-state index is -0.835. The van der Waals surface area contributed by atoms with Crippen molar-refractivity contribution in [3.05, 3.63) is 11.8 Å². The van der Waals surface area contributed by atoms with E-state index < -0.39 is 24.0 Å². The maximum atomic E-state index is 12.3. The molecule has 1 saturated heterocycles. The summed E-state index contributed by atoms with van der Waals surface area (Å²) in [5, 5.41) is 0. The highest BCUT2D eigenvalue weighted by molar-refractivity contribution is 5.70. The summed E-state index contributed by atoms with van der Waals surface area (Å²) in [4.78, 5) is 35.9. The molecule has 1 aliphatic carbocycles. The highest BCUT2D eigenvalue weighted by Crippen LogP contribution is 2.58. The fourth-order valence-electron chi connectivity index (χ4n) is 4.35. The zero-order valence-electron chi connectivity index (χ0n) is 18.3. The normalized spacial score (nSPS) is 31.8. The van der Waals surface area contributed by atoms with Gasteiger partial charge in [-0.2, -0.15) is 0 Å². The van der Waals surface area contributed by atoms with Crippen LogP contribution in [-0.2, 0) is 38.1 Å². The van der Waals surface area contributed by atoms with E-state index in [1.54, 1.807) is 0 Å². The van der Waals surface area contributed by atoms with Gasteiger partial charge in [0.05, 0.1) is 18.8 Å². The summed E-state index contributed by atoms with van der Waals surface area (Å²) in [6, 6.07) is 0. The van der Waals surface area contributed by atoms with Crippen LogP contribution in [0.5, 0.6) is 0 Å². The van der Waals surface area contributed by atoms with Crippen LogP contribution >= 0.6 is 0 Å². The predicted octanol–water partition coefficient (Wildman–Crippen LogP) is 2.74. The lowest BCUT2D eigenvalue weighted by Gasteiger charge is -2.35. The molecule has 0 radical (unpaired) electrons. The summed E-state index contributed by atoms with van der Waals surface area (Å²) < 4.78 is 28.2. The van der Waals surface area contributed by atoms with E-state index in [1.165, 1.54) is 13.2 Å². The molecule has 2 heterocycles. The van der Waals surface area contributed by atoms with Crippen molar-refractivity contribution < 1.29 is 38.1 Å². The molecule has 0 unspecified atom stereocenters. The van der Waals surface area contributed by atoms with E-state index in [-0.39, 0.29) is 48.6 Å². The van der Waals surface area contributed by atoms with Crippen molar-refractivity contribution in [2.24, 2.45) is 23.7 Å². The van der Waals surface area contributed by atoms with Crippen molar-refractivity contribution in [3.63, 3.8) is 0 Å². The summed E-state index contributed by atoms with van der Waals surface area (Å²) in [6.45, 7) is 9.60. The van der Waals surface area contributed by atoms with Gasteiger partial charge in [0.2, 0.25) is 6.29 Å². The van der Waals surface area contributed by atoms with Gasteiger partial charge in [-0.05, 0) is 18.3 Å². The van der Waals surface area contributed by atoms with Gasteiger partial charge in [-0.15, -0.1) is 0 Å². The summed E-state index contributed by atoms with van der Waals surface area (Å²) in [7, 11) is 0. The van der Waals surface area contributed by atoms with Gasteiger partial charge in [-0.1, -0.05) is 27.7 Å². The molecule has 30 heavy (non-hydrogen) atoms. The maximum Gasteiger partial charge on any atom is 0.309 e. The quantitative estimate of drug-likeness (QED) is 0.333. The van der Waals surface area contributed by atoms with Crippen LogP contribution < -0.4 is 0 Å². The Balaban J connectivity index is 1.80. The molecule has 8 heteroatoms. The zero-order valence-corrected chi connectivity index (χ0v) is 18.3. The van der Waals surface area contributed by atoms with Gasteiger partial charge in [0.15, 0.2) is 0 Å². The molecule has 0 bridgehead atoms. The molecule has 3 rings (SSSR count). The first kappa shape index (κ1) is 22.6. The molecule has 0 N–H and O–H groups in total. The number of ether oxygens (including phenoxy) is 5. The van der Waals surface area contributed by atoms with Gasteiger partial charge in [0.25, 0.3) is 0 Å². The fourth-order valence-corrected chi connectivity index (χ4v) is 4.35. The first-order valence-electron chi connectivity index (χ1n) is 10.6. The number of epoxide rings is 1. The molecular weight excluding hydrogens is 392 g/mol. The van der Waals surface area contributed by atoms with Crippen LogP contribution in [0.4, 0.5) is 0 Å². The summed E-state index contributed by atoms with van der Waals surface area (Å²) in [5.74, 6) is -1.15. The summed E-state index contributed by atoms with van der Waals surface area (Å²) >= 11 is 0. The Labute approximate surface area is 177 Å². The molecule has 1 saturated carbocycles. The maximum absolute atomic E-state index is 12.3. The molecule has 3 aliphatic rings. The number of hydrogen-bond donors (Lipinski definition) is 0. The molecule has 2 aliphatic heterocycles. The molecule has 0 amide bonds. The monoisotopic (exact) mass is 424 g/mol. The van der Waals surface area contributed by atoms with E-state index in [2.05, 4.69) is 0 Å². The molecule has 0 aromatic rings. The van der Waals surface area contributed by atoms with Gasteiger partial charge in [0, 0.05) is 31.3 Å². The lowest BCUT2D eigenvalue weighted by Crippen LogP contribution is -2.45. The Morgan fingerprint density at radius 2 is 1.70 bits per heavy atom. The van der Waals surface area contributed by atoms with Crippen LogP contribution in [0.25, 0.3) is 0 Å². The molecule has 168 valence electrons. The minimum Gasteiger partial charge on any atom is -0.462 e. The van der Waals surface area contributed by atoms with Gasteiger partial charge >= 0.3 is 17.9 Å². The van der Waals surface area contributed by atoms with Crippen LogP contribution in [-0.4, -0.2) is 49.1 Å². The van der Waals surface area contributed by atoms with Gasteiger partial charge < -0.3 is 23.7 Å². The van der Waals surface area contributed by atoms with Crippen LogP contribution in [0.15, 0.2) is 11.8 Å². The fraction of sp³-hybridized carbons (Fsp3) is 0.773. The highest BCUT2D eigenvalue weighted by Gasteiger charge is 2.71. The van der Waals surface area contributed by atoms with E-state index in [4.69, 9.17) is 23.7 Å². The van der Waals surface area contributed by atoms with Crippen molar-refractivity contribution in [1.82, 2.24) is 0 Å². The Morgan fingerprint density at radius 3 is 2.23 bits per heavy atom. The van der Waals surface area contributed by atoms with Crippen LogP contribution in [0.1, 0.15) is 53.9 Å². The summed E-state index contributed by atoms with van der Waals surface area (Å²) in [5.41, 5.74) is 0.0270. The molecular formula is C22H32O8. The Hall–Kier alpha value is -2.09. The smallest absolute Gasteiger partial charge is 0.309 e. The molecule has 8 nitrogen and oxygen atoms in total. The standard InChI is InChI=1S/C22H32O8/c1-12(2)6-18(24)29-17-8-16-15(9-26-14(5)23)10-27-21(20(16)22(17)11-28-22)30-19(25)7-13(3)4/h10,12-13,16-17,20-21H,6-9,11H2,1-5H3/t16-,17+,20-,21+,22-/m1/s1. The number of esters is 3. The number of carbonyl (C=O) groups is 3. The summed E-state index contributed by atoms with van der Waals surface area (Å²) in [6.07, 6.45) is 1.31. The topological polar surface area (TPSA) is 101 Å². The van der Waals surface area contributed by atoms with Crippen molar-refractivity contribution in [1.29, 1.82) is 0 Å². The van der Waals surface area contributed by atoms with Gasteiger partial charge in [0.1, 0.15) is 18.3 Å². The number of carbonyl (C=O) groups excluding carboxylic acids is 3. The van der Waals surface area contributed by atoms with Crippen molar-refractivity contribution in [2.45, 2.75) is 71.9 Å². The average molecular weight is 424 g/mol. The minimum absolute atomic E-state index is 0.0753. The van der Waals surface area contributed by atoms with E-state index >= 15 is 0 Å². The Kier molecular flexibility index (Phi) is 6.75. The van der Waals surface area contributed by atoms with E-state index in [1.807, 2.05) is 27.7 Å². The Bertz CT molecular complexity index is 706. The third-order valence-electron chi connectivity index (χ3n) is 5.72. The SMILES string of the molecule is CC(=O)OCC1=CO[C@@H](OC(=O)CC(C)C)[C@H]2[C@@H]1C[C@H](OC(=O)CC(C)C)[C@]21CO1. The van der Waals surface area contributed by atoms with Crippen LogP contribution in [0.3, 0.4) is 0 Å². The first-order chi connectivity index (χ1) is 14.1. The third kappa shape index (κ3) is 4.96. The van der Waals surface area contributed by atoms with Gasteiger partial charge in [-0.25, -0.2) is 0 Å². The van der Waals surface area contributed by atoms with Gasteiger partial charge in [-0.3, -0.25) is 14.4 Å². The Morgan fingerprint density at radius 1 is 1.10 bits per heavy atom. The second kappa shape index (κ2) is 8.96. The second-order valence-corrected chi connectivity index (χ2v) is 9.25. The van der Waals surface area contributed by atoms with Crippen LogP contribution in [0.2, 0.25) is 0 Å². The lowest BCUT2D eigenvalue weighted by molar-refractivity contribution is -0.192. The lowest BCUT2D eigenvalue weighted by atomic mass is 9.83. The van der Waals surface area contributed by atoms with Crippen molar-refractivity contribution in [3.8, 4) is 0 Å². The van der Waals surface area contributed by atoms with Crippen molar-refractivity contribution >= 4 is 17.9 Å². The number of hydrogen-bond acceptors (Lipinski definition) is 8. The van der Waals surface area contributed by atoms with E-state index in [0.29, 0.717) is 19.4 Å². The van der Waals surface area contributed by atoms with Crippen molar-refractivity contribution in [2.75, 3.05) is 13.2 Å². The molecule has 0 aromatic carbocycles. The molecule has 0 aromatic heterocycles. The number of fused-ring (bicyclic) bond motifs is 2.